The Hall–Kier alpha value is -3.79. The van der Waals surface area contributed by atoms with Gasteiger partial charge in [0.25, 0.3) is 11.8 Å². The Bertz CT molecular complexity index is 1410. The molecule has 192 valence electrons. The summed E-state index contributed by atoms with van der Waals surface area (Å²) in [5.74, 6) is 0.858. The van der Waals surface area contributed by atoms with Gasteiger partial charge in [0.15, 0.2) is 5.82 Å². The van der Waals surface area contributed by atoms with Crippen molar-refractivity contribution >= 4 is 29.0 Å². The van der Waals surface area contributed by atoms with Crippen molar-refractivity contribution in [2.45, 2.75) is 51.9 Å². The van der Waals surface area contributed by atoms with E-state index in [1.807, 2.05) is 41.3 Å². The first-order valence-electron chi connectivity index (χ1n) is 12.3. The number of hydrogen-bond donors (Lipinski definition) is 2. The molecule has 1 fully saturated rings. The number of nitrogens with one attached hydrogen (secondary N) is 2. The maximum Gasteiger partial charge on any atom is 0.276 e. The van der Waals surface area contributed by atoms with E-state index in [1.54, 1.807) is 12.3 Å². The SMILES string of the molecule is Cc1onc(-c2ccccc2)c1C(=O)N1CCC(c2nc(C(=O)Nc3cc(C(C)(C)C)[nH]n3)cs2)CC1. The average Bonchev–Trinajstić information content (AvgIpc) is 3.64. The molecule has 0 unspecified atom stereocenters. The minimum absolute atomic E-state index is 0.0658. The second-order valence-corrected chi connectivity index (χ2v) is 11.2. The molecule has 37 heavy (non-hydrogen) atoms. The molecule has 10 heteroatoms. The number of likely N-dealkylation sites (tertiary alicyclic amines) is 1. The first kappa shape index (κ1) is 24.9. The van der Waals surface area contributed by atoms with E-state index in [0.29, 0.717) is 41.6 Å². The molecule has 5 rings (SSSR count). The number of aromatic amines is 1. The molecule has 1 aliphatic rings. The first-order valence-corrected chi connectivity index (χ1v) is 13.2. The van der Waals surface area contributed by atoms with Crippen molar-refractivity contribution in [3.8, 4) is 11.3 Å². The van der Waals surface area contributed by atoms with E-state index in [9.17, 15) is 9.59 Å². The van der Waals surface area contributed by atoms with Crippen LogP contribution in [0, 0.1) is 6.92 Å². The minimum atomic E-state index is -0.279. The Labute approximate surface area is 219 Å². The number of hydrogen-bond acceptors (Lipinski definition) is 7. The van der Waals surface area contributed by atoms with Gasteiger partial charge in [-0.2, -0.15) is 5.10 Å². The predicted molar refractivity (Wildman–Crippen MR) is 142 cm³/mol. The van der Waals surface area contributed by atoms with Crippen LogP contribution in [0.5, 0.6) is 0 Å². The molecule has 3 aromatic heterocycles. The fourth-order valence-corrected chi connectivity index (χ4v) is 5.41. The first-order chi connectivity index (χ1) is 17.7. The topological polar surface area (TPSA) is 117 Å². The Kier molecular flexibility index (Phi) is 6.68. The number of rotatable bonds is 5. The minimum Gasteiger partial charge on any atom is -0.360 e. The van der Waals surface area contributed by atoms with Crippen molar-refractivity contribution in [1.29, 1.82) is 0 Å². The van der Waals surface area contributed by atoms with Gasteiger partial charge in [0.1, 0.15) is 22.7 Å². The molecular weight excluding hydrogens is 488 g/mol. The maximum atomic E-state index is 13.4. The number of aryl methyl sites for hydroxylation is 1. The lowest BCUT2D eigenvalue weighted by molar-refractivity contribution is 0.0711. The van der Waals surface area contributed by atoms with Crippen LogP contribution in [0.1, 0.15) is 76.8 Å². The number of carbonyl (C=O) groups excluding carboxylic acids is 2. The quantitative estimate of drug-likeness (QED) is 0.365. The van der Waals surface area contributed by atoms with E-state index in [1.165, 1.54) is 11.3 Å². The summed E-state index contributed by atoms with van der Waals surface area (Å²) >= 11 is 1.49. The second-order valence-electron chi connectivity index (χ2n) is 10.3. The Morgan fingerprint density at radius 2 is 1.89 bits per heavy atom. The zero-order valence-electron chi connectivity index (χ0n) is 21.4. The van der Waals surface area contributed by atoms with Crippen molar-refractivity contribution < 1.29 is 14.1 Å². The summed E-state index contributed by atoms with van der Waals surface area (Å²) in [7, 11) is 0. The molecule has 0 atom stereocenters. The highest BCUT2D eigenvalue weighted by Gasteiger charge is 2.31. The van der Waals surface area contributed by atoms with E-state index >= 15 is 0 Å². The number of nitrogens with zero attached hydrogens (tertiary/aromatic N) is 4. The molecule has 1 aromatic carbocycles. The van der Waals surface area contributed by atoms with Gasteiger partial charge in [-0.15, -0.1) is 11.3 Å². The number of amides is 2. The normalized spacial score (nSPS) is 14.6. The summed E-state index contributed by atoms with van der Waals surface area (Å²) in [5.41, 5.74) is 3.19. The number of carbonyl (C=O) groups is 2. The number of H-pyrrole nitrogens is 1. The van der Waals surface area contributed by atoms with Crippen LogP contribution in [-0.4, -0.2) is 50.1 Å². The van der Waals surface area contributed by atoms with Gasteiger partial charge in [-0.05, 0) is 19.8 Å². The number of anilines is 1. The molecule has 4 heterocycles. The van der Waals surface area contributed by atoms with E-state index < -0.39 is 0 Å². The molecule has 4 aromatic rings. The lowest BCUT2D eigenvalue weighted by Gasteiger charge is -2.31. The van der Waals surface area contributed by atoms with Crippen LogP contribution in [0.15, 0.2) is 46.3 Å². The highest BCUT2D eigenvalue weighted by atomic mass is 32.1. The number of aromatic nitrogens is 4. The van der Waals surface area contributed by atoms with E-state index in [0.717, 1.165) is 29.1 Å². The van der Waals surface area contributed by atoms with Gasteiger partial charge in [0, 0.05) is 47.1 Å². The summed E-state index contributed by atoms with van der Waals surface area (Å²) in [4.78, 5) is 32.6. The fraction of sp³-hybridized carbons (Fsp3) is 0.370. The largest absolute Gasteiger partial charge is 0.360 e. The Balaban J connectivity index is 1.21. The van der Waals surface area contributed by atoms with E-state index in [-0.39, 0.29) is 23.1 Å². The summed E-state index contributed by atoms with van der Waals surface area (Å²) in [6.45, 7) is 9.21. The van der Waals surface area contributed by atoms with Crippen LogP contribution in [0.3, 0.4) is 0 Å². The zero-order valence-corrected chi connectivity index (χ0v) is 22.2. The number of benzene rings is 1. The molecule has 0 bridgehead atoms. The van der Waals surface area contributed by atoms with Crippen LogP contribution in [0.25, 0.3) is 11.3 Å². The van der Waals surface area contributed by atoms with E-state index in [4.69, 9.17) is 4.52 Å². The summed E-state index contributed by atoms with van der Waals surface area (Å²) in [6.07, 6.45) is 1.55. The van der Waals surface area contributed by atoms with Crippen molar-refractivity contribution in [3.63, 3.8) is 0 Å². The monoisotopic (exact) mass is 518 g/mol. The third kappa shape index (κ3) is 5.20. The maximum absolute atomic E-state index is 13.4. The van der Waals surface area contributed by atoms with Crippen LogP contribution in [0.2, 0.25) is 0 Å². The smallest absolute Gasteiger partial charge is 0.276 e. The summed E-state index contributed by atoms with van der Waals surface area (Å²) < 4.78 is 5.39. The molecule has 0 aliphatic carbocycles. The van der Waals surface area contributed by atoms with Crippen LogP contribution in [0.4, 0.5) is 5.82 Å². The Morgan fingerprint density at radius 1 is 1.16 bits per heavy atom. The number of thiazole rings is 1. The standard InChI is InChI=1S/C27H30N6O3S/c1-16-22(23(32-36-16)17-8-6-5-7-9-17)26(35)33-12-10-18(11-13-33)25-28-19(15-37-25)24(34)29-21-14-20(30-31-21)27(2,3)4/h5-9,14-15,18H,10-13H2,1-4H3,(H2,29,30,31,34). The summed E-state index contributed by atoms with van der Waals surface area (Å²) in [6, 6.07) is 11.5. The molecular formula is C27H30N6O3S. The number of piperidine rings is 1. The zero-order chi connectivity index (χ0) is 26.2. The van der Waals surface area contributed by atoms with Gasteiger partial charge in [-0.25, -0.2) is 4.98 Å². The van der Waals surface area contributed by atoms with Gasteiger partial charge >= 0.3 is 0 Å². The van der Waals surface area contributed by atoms with Crippen molar-refractivity contribution in [1.82, 2.24) is 25.2 Å². The van der Waals surface area contributed by atoms with Crippen molar-refractivity contribution in [2.75, 3.05) is 18.4 Å². The lowest BCUT2D eigenvalue weighted by atomic mass is 9.92. The predicted octanol–water partition coefficient (Wildman–Crippen LogP) is 5.40. The summed E-state index contributed by atoms with van der Waals surface area (Å²) in [5, 5.41) is 16.8. The van der Waals surface area contributed by atoms with Crippen molar-refractivity contribution in [2.24, 2.45) is 0 Å². The van der Waals surface area contributed by atoms with Gasteiger partial charge in [0.2, 0.25) is 0 Å². The van der Waals surface area contributed by atoms with Gasteiger partial charge in [-0.1, -0.05) is 56.3 Å². The average molecular weight is 519 g/mol. The third-order valence-electron chi connectivity index (χ3n) is 6.64. The third-order valence-corrected chi connectivity index (χ3v) is 7.64. The van der Waals surface area contributed by atoms with Crippen LogP contribution >= 0.6 is 11.3 Å². The van der Waals surface area contributed by atoms with Crippen LogP contribution < -0.4 is 5.32 Å². The van der Waals surface area contributed by atoms with E-state index in [2.05, 4.69) is 46.4 Å². The molecule has 2 amide bonds. The Morgan fingerprint density at radius 3 is 2.57 bits per heavy atom. The fourth-order valence-electron chi connectivity index (χ4n) is 4.43. The molecule has 0 saturated carbocycles. The molecule has 0 radical (unpaired) electrons. The molecule has 1 saturated heterocycles. The van der Waals surface area contributed by atoms with Crippen LogP contribution in [-0.2, 0) is 5.41 Å². The molecule has 2 N–H and O–H groups in total. The molecule has 0 spiro atoms. The molecule has 9 nitrogen and oxygen atoms in total. The van der Waals surface area contributed by atoms with Crippen molar-refractivity contribution in [3.05, 3.63) is 69.5 Å². The molecule has 1 aliphatic heterocycles. The highest BCUT2D eigenvalue weighted by molar-refractivity contribution is 7.10. The van der Waals surface area contributed by atoms with Gasteiger partial charge in [0.05, 0.1) is 5.01 Å². The lowest BCUT2D eigenvalue weighted by Crippen LogP contribution is -2.38. The highest BCUT2D eigenvalue weighted by Crippen LogP contribution is 2.33. The second kappa shape index (κ2) is 9.93. The van der Waals surface area contributed by atoms with Gasteiger partial charge < -0.3 is 14.7 Å². The van der Waals surface area contributed by atoms with Gasteiger partial charge in [-0.3, -0.25) is 14.7 Å².